The Morgan fingerprint density at radius 2 is 1.86 bits per heavy atom. The lowest BCUT2D eigenvalue weighted by molar-refractivity contribution is -0.120. The number of carbonyl (C=O) groups excluding carboxylic acids is 1. The third-order valence-corrected chi connectivity index (χ3v) is 2.91. The number of hydrogen-bond donors (Lipinski definition) is 2. The second kappa shape index (κ2) is 7.89. The summed E-state index contributed by atoms with van der Waals surface area (Å²) < 4.78 is 5.55. The molecule has 0 unspecified atom stereocenters. The number of pyridine rings is 1. The molecule has 5 heteroatoms. The number of nitrogen functional groups attached to an aromatic ring is 1. The summed E-state index contributed by atoms with van der Waals surface area (Å²) in [7, 11) is 0. The molecule has 0 aliphatic rings. The summed E-state index contributed by atoms with van der Waals surface area (Å²) in [5.74, 6) is 0.793. The molecule has 2 aromatic rings. The molecule has 1 aromatic heterocycles. The molecule has 1 amide bonds. The Morgan fingerprint density at radius 1 is 1.14 bits per heavy atom. The normalized spacial score (nSPS) is 10.1. The number of anilines is 1. The van der Waals surface area contributed by atoms with Crippen molar-refractivity contribution < 1.29 is 9.53 Å². The molecule has 0 spiro atoms. The molecular formula is C16H19N3O2. The molecular weight excluding hydrogens is 266 g/mol. The average Bonchev–Trinajstić information content (AvgIpc) is 2.50. The smallest absolute Gasteiger partial charge is 0.224 e. The van der Waals surface area contributed by atoms with Gasteiger partial charge in [-0.15, -0.1) is 0 Å². The van der Waals surface area contributed by atoms with Crippen LogP contribution in [0, 0.1) is 0 Å². The number of amides is 1. The number of nitrogens with two attached hydrogens (primary N) is 1. The van der Waals surface area contributed by atoms with Crippen molar-refractivity contribution in [3.63, 3.8) is 0 Å². The summed E-state index contributed by atoms with van der Waals surface area (Å²) in [5.41, 5.74) is 7.27. The quantitative estimate of drug-likeness (QED) is 0.600. The third kappa shape index (κ3) is 5.52. The van der Waals surface area contributed by atoms with Crippen LogP contribution in [-0.2, 0) is 11.2 Å². The fraction of sp³-hybridized carbons (Fsp3) is 0.250. The maximum absolute atomic E-state index is 11.7. The highest BCUT2D eigenvalue weighted by Crippen LogP contribution is 2.12. The van der Waals surface area contributed by atoms with Gasteiger partial charge in [-0.05, 0) is 48.4 Å². The van der Waals surface area contributed by atoms with Crippen LogP contribution < -0.4 is 15.8 Å². The van der Waals surface area contributed by atoms with E-state index in [-0.39, 0.29) is 5.91 Å². The molecule has 0 radical (unpaired) electrons. The second-order valence-electron chi connectivity index (χ2n) is 4.65. The van der Waals surface area contributed by atoms with Gasteiger partial charge < -0.3 is 15.8 Å². The van der Waals surface area contributed by atoms with Crippen LogP contribution in [-0.4, -0.2) is 24.0 Å². The van der Waals surface area contributed by atoms with E-state index in [1.54, 1.807) is 24.5 Å². The van der Waals surface area contributed by atoms with Crippen molar-refractivity contribution in [3.8, 4) is 5.75 Å². The van der Waals surface area contributed by atoms with Crippen LogP contribution in [0.5, 0.6) is 5.75 Å². The van der Waals surface area contributed by atoms with Gasteiger partial charge in [-0.2, -0.15) is 0 Å². The predicted molar refractivity (Wildman–Crippen MR) is 81.9 cm³/mol. The minimum Gasteiger partial charge on any atom is -0.494 e. The van der Waals surface area contributed by atoms with Gasteiger partial charge in [0.05, 0.1) is 13.0 Å². The zero-order chi connectivity index (χ0) is 14.9. The van der Waals surface area contributed by atoms with Gasteiger partial charge >= 0.3 is 0 Å². The summed E-state index contributed by atoms with van der Waals surface area (Å²) in [4.78, 5) is 15.6. The van der Waals surface area contributed by atoms with E-state index in [1.807, 2.05) is 24.3 Å². The zero-order valence-corrected chi connectivity index (χ0v) is 11.8. The Kier molecular flexibility index (Phi) is 5.58. The van der Waals surface area contributed by atoms with Crippen LogP contribution in [0.15, 0.2) is 48.8 Å². The van der Waals surface area contributed by atoms with E-state index >= 15 is 0 Å². The van der Waals surface area contributed by atoms with Gasteiger partial charge in [-0.1, -0.05) is 0 Å². The largest absolute Gasteiger partial charge is 0.494 e. The molecule has 0 atom stereocenters. The van der Waals surface area contributed by atoms with Crippen LogP contribution in [0.4, 0.5) is 5.69 Å². The Labute approximate surface area is 124 Å². The summed E-state index contributed by atoms with van der Waals surface area (Å²) >= 11 is 0. The maximum Gasteiger partial charge on any atom is 0.224 e. The summed E-state index contributed by atoms with van der Waals surface area (Å²) in [6, 6.07) is 10.9. The number of nitrogens with one attached hydrogen (secondary N) is 1. The molecule has 0 bridgehead atoms. The highest BCUT2D eigenvalue weighted by atomic mass is 16.5. The lowest BCUT2D eigenvalue weighted by Gasteiger charge is -2.07. The minimum absolute atomic E-state index is 0.00804. The summed E-state index contributed by atoms with van der Waals surface area (Å²) in [6.45, 7) is 1.15. The lowest BCUT2D eigenvalue weighted by Crippen LogP contribution is -2.27. The van der Waals surface area contributed by atoms with Gasteiger partial charge in [0.15, 0.2) is 0 Å². The first-order valence-electron chi connectivity index (χ1n) is 6.88. The van der Waals surface area contributed by atoms with E-state index in [4.69, 9.17) is 10.5 Å². The van der Waals surface area contributed by atoms with E-state index in [9.17, 15) is 4.79 Å². The number of benzene rings is 1. The Bertz CT molecular complexity index is 555. The number of hydrogen-bond acceptors (Lipinski definition) is 4. The van der Waals surface area contributed by atoms with Gasteiger partial charge in [0.1, 0.15) is 5.75 Å². The molecule has 1 heterocycles. The SMILES string of the molecule is Nc1ccc(OCCCNC(=O)Cc2ccncc2)cc1. The number of carbonyl (C=O) groups is 1. The molecule has 0 aliphatic heterocycles. The van der Waals surface area contributed by atoms with Gasteiger partial charge in [-0.3, -0.25) is 9.78 Å². The van der Waals surface area contributed by atoms with Gasteiger partial charge in [0.25, 0.3) is 0 Å². The molecule has 2 rings (SSSR count). The molecule has 3 N–H and O–H groups in total. The van der Waals surface area contributed by atoms with Crippen molar-refractivity contribution in [1.29, 1.82) is 0 Å². The third-order valence-electron chi connectivity index (χ3n) is 2.91. The van der Waals surface area contributed by atoms with Crippen molar-refractivity contribution in [2.24, 2.45) is 0 Å². The predicted octanol–water partition coefficient (Wildman–Crippen LogP) is 1.79. The standard InChI is InChI=1S/C16H19N3O2/c17-14-2-4-15(5-3-14)21-11-1-8-19-16(20)12-13-6-9-18-10-7-13/h2-7,9-10H,1,8,11-12,17H2,(H,19,20). The van der Waals surface area contributed by atoms with Crippen molar-refractivity contribution in [2.75, 3.05) is 18.9 Å². The first kappa shape index (κ1) is 14.8. The number of ether oxygens (including phenoxy) is 1. The fourth-order valence-corrected chi connectivity index (χ4v) is 1.80. The topological polar surface area (TPSA) is 77.2 Å². The Hall–Kier alpha value is -2.56. The number of aromatic nitrogens is 1. The van der Waals surface area contributed by atoms with Crippen molar-refractivity contribution >= 4 is 11.6 Å². The van der Waals surface area contributed by atoms with Gasteiger partial charge in [0, 0.05) is 24.6 Å². The van der Waals surface area contributed by atoms with E-state index in [0.717, 1.165) is 17.7 Å². The Balaban J connectivity index is 1.59. The maximum atomic E-state index is 11.7. The monoisotopic (exact) mass is 285 g/mol. The van der Waals surface area contributed by atoms with Crippen LogP contribution in [0.1, 0.15) is 12.0 Å². The molecule has 0 aliphatic carbocycles. The highest BCUT2D eigenvalue weighted by molar-refractivity contribution is 5.78. The highest BCUT2D eigenvalue weighted by Gasteiger charge is 2.02. The molecule has 0 saturated carbocycles. The molecule has 5 nitrogen and oxygen atoms in total. The first-order chi connectivity index (χ1) is 10.2. The van der Waals surface area contributed by atoms with E-state index in [1.165, 1.54) is 0 Å². The van der Waals surface area contributed by atoms with Crippen molar-refractivity contribution in [2.45, 2.75) is 12.8 Å². The van der Waals surface area contributed by atoms with Crippen molar-refractivity contribution in [1.82, 2.24) is 10.3 Å². The first-order valence-corrected chi connectivity index (χ1v) is 6.88. The van der Waals surface area contributed by atoms with Gasteiger partial charge in [0.2, 0.25) is 5.91 Å². The van der Waals surface area contributed by atoms with Crippen LogP contribution in [0.25, 0.3) is 0 Å². The summed E-state index contributed by atoms with van der Waals surface area (Å²) in [6.07, 6.45) is 4.50. The second-order valence-corrected chi connectivity index (χ2v) is 4.65. The lowest BCUT2D eigenvalue weighted by atomic mass is 10.2. The van der Waals surface area contributed by atoms with E-state index in [0.29, 0.717) is 25.3 Å². The molecule has 21 heavy (non-hydrogen) atoms. The van der Waals surface area contributed by atoms with Crippen LogP contribution in [0.2, 0.25) is 0 Å². The zero-order valence-electron chi connectivity index (χ0n) is 11.8. The molecule has 110 valence electrons. The molecule has 0 fully saturated rings. The average molecular weight is 285 g/mol. The van der Waals surface area contributed by atoms with E-state index in [2.05, 4.69) is 10.3 Å². The molecule has 0 saturated heterocycles. The van der Waals surface area contributed by atoms with Gasteiger partial charge in [-0.25, -0.2) is 0 Å². The summed E-state index contributed by atoms with van der Waals surface area (Å²) in [5, 5.41) is 2.87. The van der Waals surface area contributed by atoms with E-state index < -0.39 is 0 Å². The fourth-order valence-electron chi connectivity index (χ4n) is 1.80. The molecule has 1 aromatic carbocycles. The number of rotatable bonds is 7. The Morgan fingerprint density at radius 3 is 2.57 bits per heavy atom. The van der Waals surface area contributed by atoms with Crippen LogP contribution in [0.3, 0.4) is 0 Å². The van der Waals surface area contributed by atoms with Crippen molar-refractivity contribution in [3.05, 3.63) is 54.4 Å². The van der Waals surface area contributed by atoms with Crippen LogP contribution >= 0.6 is 0 Å². The number of nitrogens with zero attached hydrogens (tertiary/aromatic N) is 1. The minimum atomic E-state index is 0.00804.